The summed E-state index contributed by atoms with van der Waals surface area (Å²) in [4.78, 5) is 10.5. The van der Waals surface area contributed by atoms with Crippen molar-refractivity contribution in [2.45, 2.75) is 13.0 Å². The highest BCUT2D eigenvalue weighted by Gasteiger charge is 2.11. The molecule has 0 fully saturated rings. The molecule has 0 saturated heterocycles. The zero-order valence-electron chi connectivity index (χ0n) is 7.42. The summed E-state index contributed by atoms with van der Waals surface area (Å²) in [6, 6.07) is 3.47. The second-order valence-corrected chi connectivity index (χ2v) is 3.99. The van der Waals surface area contributed by atoms with Crippen LogP contribution in [0.15, 0.2) is 18.2 Å². The smallest absolute Gasteiger partial charge is 0.325 e. The molecule has 1 aromatic carbocycles. The van der Waals surface area contributed by atoms with Gasteiger partial charge in [-0.25, -0.2) is 4.39 Å². The fourth-order valence-electron chi connectivity index (χ4n) is 0.902. The van der Waals surface area contributed by atoms with Gasteiger partial charge in [0.2, 0.25) is 0 Å². The van der Waals surface area contributed by atoms with E-state index in [9.17, 15) is 9.18 Å². The van der Waals surface area contributed by atoms with Crippen molar-refractivity contribution in [2.24, 2.45) is 0 Å². The van der Waals surface area contributed by atoms with Gasteiger partial charge in [-0.05, 0) is 47.7 Å². The lowest BCUT2D eigenvalue weighted by Gasteiger charge is -2.12. The Morgan fingerprint density at radius 2 is 2.29 bits per heavy atom. The van der Waals surface area contributed by atoms with E-state index in [1.165, 1.54) is 25.1 Å². The van der Waals surface area contributed by atoms with Gasteiger partial charge in [0.15, 0.2) is 0 Å². The molecule has 0 radical (unpaired) electrons. The monoisotopic (exact) mass is 309 g/mol. The first-order valence-corrected chi connectivity index (χ1v) is 5.03. The summed E-state index contributed by atoms with van der Waals surface area (Å²) >= 11 is 1.95. The second kappa shape index (κ2) is 4.59. The fraction of sp³-hybridized carbons (Fsp3) is 0.222. The molecule has 0 aliphatic carbocycles. The molecular formula is C9H9FINO2. The molecule has 0 heterocycles. The van der Waals surface area contributed by atoms with Gasteiger partial charge in [0.05, 0.1) is 0 Å². The number of halogens is 2. The standard InChI is InChI=1S/C9H9FINO2/c1-5(9(13)14)12-8-3-2-6(10)4-7(8)11/h2-5,12H,1H3,(H,13,14). The highest BCUT2D eigenvalue weighted by molar-refractivity contribution is 14.1. The summed E-state index contributed by atoms with van der Waals surface area (Å²) in [5, 5.41) is 11.4. The lowest BCUT2D eigenvalue weighted by atomic mass is 10.2. The zero-order chi connectivity index (χ0) is 10.7. The van der Waals surface area contributed by atoms with Crippen LogP contribution in [0.1, 0.15) is 6.92 Å². The SMILES string of the molecule is CC(Nc1ccc(F)cc1I)C(=O)O. The van der Waals surface area contributed by atoms with Crippen molar-refractivity contribution in [1.29, 1.82) is 0 Å². The summed E-state index contributed by atoms with van der Waals surface area (Å²) < 4.78 is 13.4. The predicted molar refractivity (Wildman–Crippen MR) is 59.8 cm³/mol. The minimum Gasteiger partial charge on any atom is -0.480 e. The Morgan fingerprint density at radius 1 is 1.64 bits per heavy atom. The van der Waals surface area contributed by atoms with Crippen LogP contribution in [0.25, 0.3) is 0 Å². The number of hydrogen-bond donors (Lipinski definition) is 2. The Balaban J connectivity index is 2.82. The molecule has 1 aromatic rings. The first kappa shape index (κ1) is 11.2. The van der Waals surface area contributed by atoms with Gasteiger partial charge in [0.1, 0.15) is 11.9 Å². The molecule has 0 aliphatic rings. The lowest BCUT2D eigenvalue weighted by Crippen LogP contribution is -2.25. The summed E-state index contributed by atoms with van der Waals surface area (Å²) in [6.45, 7) is 1.53. The Hall–Kier alpha value is -0.850. The van der Waals surface area contributed by atoms with E-state index in [-0.39, 0.29) is 5.82 Å². The number of hydrogen-bond acceptors (Lipinski definition) is 2. The van der Waals surface area contributed by atoms with Crippen molar-refractivity contribution in [1.82, 2.24) is 0 Å². The Labute approximate surface area is 94.5 Å². The molecule has 0 aliphatic heterocycles. The molecule has 2 N–H and O–H groups in total. The van der Waals surface area contributed by atoms with Crippen molar-refractivity contribution >= 4 is 34.2 Å². The average Bonchev–Trinajstić information content (AvgIpc) is 2.09. The van der Waals surface area contributed by atoms with E-state index in [4.69, 9.17) is 5.11 Å². The molecule has 0 aromatic heterocycles. The van der Waals surface area contributed by atoms with E-state index >= 15 is 0 Å². The maximum Gasteiger partial charge on any atom is 0.325 e. The number of anilines is 1. The third-order valence-electron chi connectivity index (χ3n) is 1.67. The molecule has 1 unspecified atom stereocenters. The minimum absolute atomic E-state index is 0.331. The number of carboxylic acid groups (broad SMARTS) is 1. The van der Waals surface area contributed by atoms with Crippen LogP contribution < -0.4 is 5.32 Å². The van der Waals surface area contributed by atoms with Gasteiger partial charge in [-0.2, -0.15) is 0 Å². The summed E-state index contributed by atoms with van der Waals surface area (Å²) in [5.74, 6) is -1.27. The molecule has 0 saturated carbocycles. The van der Waals surface area contributed by atoms with Crippen LogP contribution in [0.2, 0.25) is 0 Å². The molecule has 1 rings (SSSR count). The number of carboxylic acids is 1. The maximum atomic E-state index is 12.7. The number of benzene rings is 1. The van der Waals surface area contributed by atoms with E-state index in [0.29, 0.717) is 9.26 Å². The third-order valence-corrected chi connectivity index (χ3v) is 2.57. The third kappa shape index (κ3) is 2.83. The largest absolute Gasteiger partial charge is 0.480 e. The van der Waals surface area contributed by atoms with Crippen LogP contribution in [0, 0.1) is 9.39 Å². The highest BCUT2D eigenvalue weighted by atomic mass is 127. The van der Waals surface area contributed by atoms with E-state index in [1.54, 1.807) is 0 Å². The molecule has 5 heteroatoms. The molecule has 3 nitrogen and oxygen atoms in total. The van der Waals surface area contributed by atoms with Crippen molar-refractivity contribution in [3.63, 3.8) is 0 Å². The second-order valence-electron chi connectivity index (χ2n) is 2.83. The Bertz CT molecular complexity index is 357. The van der Waals surface area contributed by atoms with Gasteiger partial charge in [-0.3, -0.25) is 4.79 Å². The Kier molecular flexibility index (Phi) is 3.68. The molecule has 14 heavy (non-hydrogen) atoms. The predicted octanol–water partition coefficient (Wildman–Crippen LogP) is 2.32. The maximum absolute atomic E-state index is 12.7. The summed E-state index contributed by atoms with van der Waals surface area (Å²) in [6.07, 6.45) is 0. The van der Waals surface area contributed by atoms with Crippen LogP contribution in [-0.4, -0.2) is 17.1 Å². The molecule has 76 valence electrons. The van der Waals surface area contributed by atoms with Gasteiger partial charge in [-0.15, -0.1) is 0 Å². The van der Waals surface area contributed by atoms with E-state index in [0.717, 1.165) is 0 Å². The Morgan fingerprint density at radius 3 is 2.79 bits per heavy atom. The fourth-order valence-corrected chi connectivity index (χ4v) is 1.53. The van der Waals surface area contributed by atoms with Gasteiger partial charge >= 0.3 is 5.97 Å². The van der Waals surface area contributed by atoms with Crippen LogP contribution in [-0.2, 0) is 4.79 Å². The average molecular weight is 309 g/mol. The number of nitrogens with one attached hydrogen (secondary N) is 1. The van der Waals surface area contributed by atoms with Crippen LogP contribution in [0.3, 0.4) is 0 Å². The lowest BCUT2D eigenvalue weighted by molar-refractivity contribution is -0.137. The van der Waals surface area contributed by atoms with Crippen LogP contribution in [0.4, 0.5) is 10.1 Å². The van der Waals surface area contributed by atoms with Crippen LogP contribution in [0.5, 0.6) is 0 Å². The normalized spacial score (nSPS) is 12.2. The summed E-state index contributed by atoms with van der Waals surface area (Å²) in [5.41, 5.74) is 0.627. The van der Waals surface area contributed by atoms with E-state index in [2.05, 4.69) is 5.32 Å². The van der Waals surface area contributed by atoms with Crippen molar-refractivity contribution in [3.05, 3.63) is 27.6 Å². The van der Waals surface area contributed by atoms with Crippen molar-refractivity contribution < 1.29 is 14.3 Å². The van der Waals surface area contributed by atoms with Crippen molar-refractivity contribution in [3.8, 4) is 0 Å². The minimum atomic E-state index is -0.940. The van der Waals surface area contributed by atoms with Gasteiger partial charge in [0, 0.05) is 9.26 Å². The number of rotatable bonds is 3. The van der Waals surface area contributed by atoms with Crippen LogP contribution >= 0.6 is 22.6 Å². The molecule has 0 spiro atoms. The van der Waals surface area contributed by atoms with E-state index in [1.807, 2.05) is 22.6 Å². The summed E-state index contributed by atoms with van der Waals surface area (Å²) in [7, 11) is 0. The number of aliphatic carboxylic acids is 1. The van der Waals surface area contributed by atoms with Crippen molar-refractivity contribution in [2.75, 3.05) is 5.32 Å². The molecule has 0 amide bonds. The molecular weight excluding hydrogens is 300 g/mol. The first-order chi connectivity index (χ1) is 6.50. The molecule has 1 atom stereocenters. The number of carbonyl (C=O) groups is 1. The van der Waals surface area contributed by atoms with Gasteiger partial charge in [-0.1, -0.05) is 0 Å². The van der Waals surface area contributed by atoms with Gasteiger partial charge in [0.25, 0.3) is 0 Å². The topological polar surface area (TPSA) is 49.3 Å². The first-order valence-electron chi connectivity index (χ1n) is 3.95. The van der Waals surface area contributed by atoms with Gasteiger partial charge < -0.3 is 10.4 Å². The zero-order valence-corrected chi connectivity index (χ0v) is 9.58. The highest BCUT2D eigenvalue weighted by Crippen LogP contribution is 2.19. The molecule has 0 bridgehead atoms. The quantitative estimate of drug-likeness (QED) is 0.843. The van der Waals surface area contributed by atoms with E-state index < -0.39 is 12.0 Å².